The van der Waals surface area contributed by atoms with Gasteiger partial charge in [-0.15, -0.1) is 0 Å². The number of rotatable bonds is 4. The number of anilines is 1. The first kappa shape index (κ1) is 17.5. The standard InChI is InChI=1S/C18H26N2O3/c1-18(2,3)13-7-9-14(10-8-13)19-16(21)12-20-11-5-4-6-15(20)17(22)23/h7-10,15H,4-6,11-12H2,1-3H3,(H,19,21)(H,22,23). The zero-order valence-corrected chi connectivity index (χ0v) is 14.1. The maximum atomic E-state index is 12.2. The van der Waals surface area contributed by atoms with Gasteiger partial charge in [-0.25, -0.2) is 0 Å². The average Bonchev–Trinajstić information content (AvgIpc) is 2.47. The van der Waals surface area contributed by atoms with Gasteiger partial charge >= 0.3 is 5.97 Å². The first-order chi connectivity index (χ1) is 10.8. The Morgan fingerprint density at radius 3 is 2.43 bits per heavy atom. The maximum absolute atomic E-state index is 12.2. The highest BCUT2D eigenvalue weighted by atomic mass is 16.4. The zero-order chi connectivity index (χ0) is 17.0. The minimum Gasteiger partial charge on any atom is -0.480 e. The van der Waals surface area contributed by atoms with E-state index < -0.39 is 12.0 Å². The van der Waals surface area contributed by atoms with Crippen LogP contribution < -0.4 is 5.32 Å². The van der Waals surface area contributed by atoms with Crippen molar-refractivity contribution in [1.82, 2.24) is 4.90 Å². The normalized spacial score (nSPS) is 19.3. The Morgan fingerprint density at radius 1 is 1.22 bits per heavy atom. The first-order valence-corrected chi connectivity index (χ1v) is 8.14. The second-order valence-electron chi connectivity index (χ2n) is 7.20. The molecule has 2 N–H and O–H groups in total. The number of piperidine rings is 1. The Bertz CT molecular complexity index is 561. The molecule has 1 fully saturated rings. The number of hydrogen-bond acceptors (Lipinski definition) is 3. The second-order valence-corrected chi connectivity index (χ2v) is 7.20. The molecule has 1 aromatic carbocycles. The lowest BCUT2D eigenvalue weighted by molar-refractivity contribution is -0.145. The number of aliphatic carboxylic acids is 1. The van der Waals surface area contributed by atoms with E-state index in [1.54, 1.807) is 4.90 Å². The number of carbonyl (C=O) groups excluding carboxylic acids is 1. The SMILES string of the molecule is CC(C)(C)c1ccc(NC(=O)CN2CCCCC2C(=O)O)cc1. The molecule has 126 valence electrons. The second kappa shape index (κ2) is 7.13. The predicted octanol–water partition coefficient (Wildman–Crippen LogP) is 2.86. The number of benzene rings is 1. The van der Waals surface area contributed by atoms with Crippen molar-refractivity contribution in [1.29, 1.82) is 0 Å². The predicted molar refractivity (Wildman–Crippen MR) is 90.6 cm³/mol. The van der Waals surface area contributed by atoms with E-state index in [9.17, 15) is 14.7 Å². The molecule has 0 radical (unpaired) electrons. The molecule has 5 heteroatoms. The molecule has 1 saturated heterocycles. The molecule has 2 rings (SSSR count). The molecular formula is C18H26N2O3. The van der Waals surface area contributed by atoms with Crippen LogP contribution in [0.5, 0.6) is 0 Å². The van der Waals surface area contributed by atoms with Crippen molar-refractivity contribution in [3.8, 4) is 0 Å². The van der Waals surface area contributed by atoms with Gasteiger partial charge in [-0.3, -0.25) is 14.5 Å². The highest BCUT2D eigenvalue weighted by Crippen LogP contribution is 2.23. The van der Waals surface area contributed by atoms with Crippen molar-refractivity contribution in [3.05, 3.63) is 29.8 Å². The lowest BCUT2D eigenvalue weighted by atomic mass is 9.87. The van der Waals surface area contributed by atoms with Crippen LogP contribution >= 0.6 is 0 Å². The van der Waals surface area contributed by atoms with Crippen molar-refractivity contribution in [2.45, 2.75) is 51.5 Å². The molecule has 1 aliphatic heterocycles. The van der Waals surface area contributed by atoms with Crippen molar-refractivity contribution in [2.24, 2.45) is 0 Å². The number of nitrogens with one attached hydrogen (secondary N) is 1. The van der Waals surface area contributed by atoms with Gasteiger partial charge in [0.15, 0.2) is 0 Å². The van der Waals surface area contributed by atoms with Gasteiger partial charge in [0.1, 0.15) is 6.04 Å². The van der Waals surface area contributed by atoms with Crippen LogP contribution in [0.1, 0.15) is 45.6 Å². The number of carbonyl (C=O) groups is 2. The summed E-state index contributed by atoms with van der Waals surface area (Å²) in [4.78, 5) is 25.2. The molecule has 1 unspecified atom stereocenters. The highest BCUT2D eigenvalue weighted by molar-refractivity contribution is 5.92. The fourth-order valence-electron chi connectivity index (χ4n) is 2.90. The fraction of sp³-hybridized carbons (Fsp3) is 0.556. The van der Waals surface area contributed by atoms with Crippen LogP contribution in [-0.4, -0.2) is 41.0 Å². The minimum atomic E-state index is -0.841. The zero-order valence-electron chi connectivity index (χ0n) is 14.1. The van der Waals surface area contributed by atoms with Gasteiger partial charge in [-0.1, -0.05) is 39.3 Å². The summed E-state index contributed by atoms with van der Waals surface area (Å²) in [6.07, 6.45) is 2.46. The summed E-state index contributed by atoms with van der Waals surface area (Å²) in [6, 6.07) is 7.26. The first-order valence-electron chi connectivity index (χ1n) is 8.14. The molecule has 0 aliphatic carbocycles. The number of likely N-dealkylation sites (tertiary alicyclic amines) is 1. The number of nitrogens with zero attached hydrogens (tertiary/aromatic N) is 1. The largest absolute Gasteiger partial charge is 0.480 e. The summed E-state index contributed by atoms with van der Waals surface area (Å²) in [5.74, 6) is -1.01. The van der Waals surface area contributed by atoms with E-state index in [0.29, 0.717) is 13.0 Å². The van der Waals surface area contributed by atoms with Crippen molar-refractivity contribution < 1.29 is 14.7 Å². The van der Waals surface area contributed by atoms with E-state index in [1.807, 2.05) is 24.3 Å². The molecule has 0 aromatic heterocycles. The Kier molecular flexibility index (Phi) is 5.42. The lowest BCUT2D eigenvalue weighted by Crippen LogP contribution is -2.47. The maximum Gasteiger partial charge on any atom is 0.320 e. The van der Waals surface area contributed by atoms with Crippen LogP contribution in [0.4, 0.5) is 5.69 Å². The van der Waals surface area contributed by atoms with Gasteiger partial charge < -0.3 is 10.4 Å². The molecule has 1 aromatic rings. The van der Waals surface area contributed by atoms with E-state index in [0.717, 1.165) is 18.5 Å². The smallest absolute Gasteiger partial charge is 0.320 e. The average molecular weight is 318 g/mol. The Hall–Kier alpha value is -1.88. The van der Waals surface area contributed by atoms with Crippen LogP contribution in [0.2, 0.25) is 0 Å². The van der Waals surface area contributed by atoms with E-state index in [-0.39, 0.29) is 17.9 Å². The highest BCUT2D eigenvalue weighted by Gasteiger charge is 2.29. The number of carboxylic acids is 1. The molecule has 1 amide bonds. The summed E-state index contributed by atoms with van der Waals surface area (Å²) >= 11 is 0. The third-order valence-electron chi connectivity index (χ3n) is 4.28. The van der Waals surface area contributed by atoms with Crippen LogP contribution in [0.25, 0.3) is 0 Å². The Morgan fingerprint density at radius 2 is 1.87 bits per heavy atom. The molecule has 0 saturated carbocycles. The monoisotopic (exact) mass is 318 g/mol. The van der Waals surface area contributed by atoms with Gasteiger partial charge in [0.25, 0.3) is 0 Å². The van der Waals surface area contributed by atoms with E-state index in [1.165, 1.54) is 5.56 Å². The number of amides is 1. The molecule has 1 atom stereocenters. The molecule has 5 nitrogen and oxygen atoms in total. The molecule has 0 spiro atoms. The summed E-state index contributed by atoms with van der Waals surface area (Å²) in [5.41, 5.74) is 2.02. The molecule has 1 heterocycles. The topological polar surface area (TPSA) is 69.6 Å². The van der Waals surface area contributed by atoms with Crippen molar-refractivity contribution in [3.63, 3.8) is 0 Å². The molecular weight excluding hydrogens is 292 g/mol. The fourth-order valence-corrected chi connectivity index (χ4v) is 2.90. The van der Waals surface area contributed by atoms with E-state index >= 15 is 0 Å². The summed E-state index contributed by atoms with van der Waals surface area (Å²) in [5, 5.41) is 12.1. The Labute approximate surface area is 137 Å². The summed E-state index contributed by atoms with van der Waals surface area (Å²) in [6.45, 7) is 7.21. The Balaban J connectivity index is 1.95. The van der Waals surface area contributed by atoms with Crippen LogP contribution in [0.3, 0.4) is 0 Å². The quantitative estimate of drug-likeness (QED) is 0.895. The van der Waals surface area contributed by atoms with Gasteiger partial charge in [0.05, 0.1) is 6.54 Å². The van der Waals surface area contributed by atoms with Gasteiger partial charge in [-0.05, 0) is 42.5 Å². The van der Waals surface area contributed by atoms with Crippen LogP contribution in [0, 0.1) is 0 Å². The van der Waals surface area contributed by atoms with Gasteiger partial charge in [0, 0.05) is 5.69 Å². The summed E-state index contributed by atoms with van der Waals surface area (Å²) in [7, 11) is 0. The van der Waals surface area contributed by atoms with Crippen LogP contribution in [0.15, 0.2) is 24.3 Å². The molecule has 23 heavy (non-hydrogen) atoms. The van der Waals surface area contributed by atoms with Crippen molar-refractivity contribution in [2.75, 3.05) is 18.4 Å². The molecule has 0 bridgehead atoms. The lowest BCUT2D eigenvalue weighted by Gasteiger charge is -2.32. The number of hydrogen-bond donors (Lipinski definition) is 2. The van der Waals surface area contributed by atoms with Gasteiger partial charge in [0.2, 0.25) is 5.91 Å². The third kappa shape index (κ3) is 4.79. The third-order valence-corrected chi connectivity index (χ3v) is 4.28. The summed E-state index contributed by atoms with van der Waals surface area (Å²) < 4.78 is 0. The van der Waals surface area contributed by atoms with Crippen LogP contribution in [-0.2, 0) is 15.0 Å². The number of carboxylic acid groups (broad SMARTS) is 1. The molecule has 1 aliphatic rings. The minimum absolute atomic E-state index is 0.0745. The van der Waals surface area contributed by atoms with E-state index in [4.69, 9.17) is 0 Å². The van der Waals surface area contributed by atoms with Crippen molar-refractivity contribution >= 4 is 17.6 Å². The van der Waals surface area contributed by atoms with Gasteiger partial charge in [-0.2, -0.15) is 0 Å². The van der Waals surface area contributed by atoms with E-state index in [2.05, 4.69) is 26.1 Å².